The van der Waals surface area contributed by atoms with Crippen LogP contribution in [-0.4, -0.2) is 22.5 Å². The van der Waals surface area contributed by atoms with Crippen molar-refractivity contribution in [2.75, 3.05) is 0 Å². The first-order valence-electron chi connectivity index (χ1n) is 6.00. The van der Waals surface area contributed by atoms with Crippen LogP contribution in [0.1, 0.15) is 51.9 Å². The van der Waals surface area contributed by atoms with Gasteiger partial charge in [0.05, 0.1) is 5.41 Å². The molecule has 2 aliphatic rings. The zero-order chi connectivity index (χ0) is 11.8. The van der Waals surface area contributed by atoms with Gasteiger partial charge in [-0.05, 0) is 39.0 Å². The Bertz CT molecular complexity index is 316. The minimum atomic E-state index is -0.812. The van der Waals surface area contributed by atoms with E-state index in [0.29, 0.717) is 12.8 Å². The van der Waals surface area contributed by atoms with Gasteiger partial charge >= 0.3 is 5.97 Å². The number of hydrogen-bond acceptors (Lipinski definition) is 2. The third kappa shape index (κ3) is 1.93. The Kier molecular flexibility index (Phi) is 2.68. The maximum Gasteiger partial charge on any atom is 0.310 e. The largest absolute Gasteiger partial charge is 0.481 e. The highest BCUT2D eigenvalue weighted by Crippen LogP contribution is 2.44. The van der Waals surface area contributed by atoms with Gasteiger partial charge in [-0.15, -0.1) is 0 Å². The molecule has 2 saturated carbocycles. The zero-order valence-electron chi connectivity index (χ0n) is 9.71. The number of amides is 1. The number of hydrogen-bond donors (Lipinski definition) is 2. The molecule has 2 N–H and O–H groups in total. The summed E-state index contributed by atoms with van der Waals surface area (Å²) >= 11 is 0. The molecule has 0 spiro atoms. The van der Waals surface area contributed by atoms with Gasteiger partial charge in [0.25, 0.3) is 0 Å². The molecule has 0 atom stereocenters. The molecular weight excluding hydrogens is 206 g/mol. The smallest absolute Gasteiger partial charge is 0.310 e. The maximum atomic E-state index is 11.8. The summed E-state index contributed by atoms with van der Waals surface area (Å²) in [5, 5.41) is 12.1. The van der Waals surface area contributed by atoms with Crippen molar-refractivity contribution in [1.29, 1.82) is 0 Å². The highest BCUT2D eigenvalue weighted by atomic mass is 16.4. The number of aliphatic carboxylic acids is 1. The molecule has 0 aromatic heterocycles. The van der Waals surface area contributed by atoms with Crippen LogP contribution in [0.4, 0.5) is 0 Å². The highest BCUT2D eigenvalue weighted by molar-refractivity contribution is 5.86. The van der Waals surface area contributed by atoms with Crippen LogP contribution < -0.4 is 5.32 Å². The molecule has 16 heavy (non-hydrogen) atoms. The van der Waals surface area contributed by atoms with E-state index in [-0.39, 0.29) is 17.9 Å². The first kappa shape index (κ1) is 11.4. The average Bonchev–Trinajstić information content (AvgIpc) is 2.08. The Morgan fingerprint density at radius 2 is 1.75 bits per heavy atom. The lowest BCUT2D eigenvalue weighted by Crippen LogP contribution is -2.53. The molecule has 1 amide bonds. The zero-order valence-corrected chi connectivity index (χ0v) is 9.71. The monoisotopic (exact) mass is 225 g/mol. The van der Waals surface area contributed by atoms with Crippen molar-refractivity contribution >= 4 is 11.9 Å². The standard InChI is InChI=1S/C12H19NO3/c1-11(4-2-5-11)13-9(14)8-12(10(15)16)6-3-7-12/h2-8H2,1H3,(H,13,14)(H,15,16). The Balaban J connectivity index is 1.89. The molecule has 0 saturated heterocycles. The van der Waals surface area contributed by atoms with Crippen LogP contribution in [0.2, 0.25) is 0 Å². The van der Waals surface area contributed by atoms with E-state index in [9.17, 15) is 9.59 Å². The molecule has 0 aromatic carbocycles. The van der Waals surface area contributed by atoms with Crippen LogP contribution in [-0.2, 0) is 9.59 Å². The SMILES string of the molecule is CC1(NC(=O)CC2(C(=O)O)CCC2)CCC1. The van der Waals surface area contributed by atoms with E-state index in [1.807, 2.05) is 6.92 Å². The Morgan fingerprint density at radius 1 is 1.19 bits per heavy atom. The van der Waals surface area contributed by atoms with Gasteiger partial charge in [-0.2, -0.15) is 0 Å². The first-order valence-corrected chi connectivity index (χ1v) is 6.00. The van der Waals surface area contributed by atoms with Gasteiger partial charge in [0, 0.05) is 12.0 Å². The highest BCUT2D eigenvalue weighted by Gasteiger charge is 2.46. The molecule has 0 unspecified atom stereocenters. The average molecular weight is 225 g/mol. The molecule has 0 aliphatic heterocycles. The van der Waals surface area contributed by atoms with Gasteiger partial charge in [0.2, 0.25) is 5.91 Å². The van der Waals surface area contributed by atoms with Crippen LogP contribution in [0.5, 0.6) is 0 Å². The fraction of sp³-hybridized carbons (Fsp3) is 0.833. The molecule has 90 valence electrons. The van der Waals surface area contributed by atoms with Gasteiger partial charge < -0.3 is 10.4 Å². The lowest BCUT2D eigenvalue weighted by molar-refractivity contribution is -0.158. The number of carbonyl (C=O) groups excluding carboxylic acids is 1. The second-order valence-corrected chi connectivity index (χ2v) is 5.58. The molecule has 0 aromatic rings. The van der Waals surface area contributed by atoms with E-state index < -0.39 is 11.4 Å². The molecule has 4 heteroatoms. The summed E-state index contributed by atoms with van der Waals surface area (Å²) in [6.45, 7) is 2.03. The van der Waals surface area contributed by atoms with Crippen molar-refractivity contribution < 1.29 is 14.7 Å². The van der Waals surface area contributed by atoms with Crippen LogP contribution >= 0.6 is 0 Å². The fourth-order valence-electron chi connectivity index (χ4n) is 2.59. The lowest BCUT2D eigenvalue weighted by atomic mass is 9.66. The summed E-state index contributed by atoms with van der Waals surface area (Å²) in [6.07, 6.45) is 5.55. The number of carboxylic acid groups (broad SMARTS) is 1. The summed E-state index contributed by atoms with van der Waals surface area (Å²) < 4.78 is 0. The Morgan fingerprint density at radius 3 is 2.06 bits per heavy atom. The fourth-order valence-corrected chi connectivity index (χ4v) is 2.59. The van der Waals surface area contributed by atoms with E-state index in [2.05, 4.69) is 5.32 Å². The number of nitrogens with one attached hydrogen (secondary N) is 1. The summed E-state index contributed by atoms with van der Waals surface area (Å²) in [4.78, 5) is 22.9. The molecule has 0 heterocycles. The Hall–Kier alpha value is -1.06. The number of rotatable bonds is 4. The van der Waals surface area contributed by atoms with E-state index in [0.717, 1.165) is 25.7 Å². The second kappa shape index (κ2) is 3.75. The predicted octanol–water partition coefficient (Wildman–Crippen LogP) is 1.69. The Labute approximate surface area is 95.4 Å². The lowest BCUT2D eigenvalue weighted by Gasteiger charge is -2.42. The number of carboxylic acids is 1. The van der Waals surface area contributed by atoms with E-state index in [1.54, 1.807) is 0 Å². The van der Waals surface area contributed by atoms with Crippen LogP contribution in [0.15, 0.2) is 0 Å². The van der Waals surface area contributed by atoms with Crippen LogP contribution in [0, 0.1) is 5.41 Å². The quantitative estimate of drug-likeness (QED) is 0.765. The van der Waals surface area contributed by atoms with E-state index in [4.69, 9.17) is 5.11 Å². The van der Waals surface area contributed by atoms with Crippen molar-refractivity contribution in [3.8, 4) is 0 Å². The summed E-state index contributed by atoms with van der Waals surface area (Å²) in [6, 6.07) is 0. The summed E-state index contributed by atoms with van der Waals surface area (Å²) in [5.74, 6) is -0.906. The molecule has 4 nitrogen and oxygen atoms in total. The maximum absolute atomic E-state index is 11.8. The van der Waals surface area contributed by atoms with Gasteiger partial charge in [-0.1, -0.05) is 6.42 Å². The predicted molar refractivity (Wildman–Crippen MR) is 58.9 cm³/mol. The van der Waals surface area contributed by atoms with Crippen molar-refractivity contribution in [3.05, 3.63) is 0 Å². The van der Waals surface area contributed by atoms with Crippen LogP contribution in [0.3, 0.4) is 0 Å². The second-order valence-electron chi connectivity index (χ2n) is 5.58. The van der Waals surface area contributed by atoms with E-state index >= 15 is 0 Å². The third-order valence-corrected chi connectivity index (χ3v) is 4.16. The van der Waals surface area contributed by atoms with Gasteiger partial charge in [-0.3, -0.25) is 9.59 Å². The molecule has 0 radical (unpaired) electrons. The van der Waals surface area contributed by atoms with Gasteiger partial charge in [0.1, 0.15) is 0 Å². The minimum absolute atomic E-state index is 0.0689. The topological polar surface area (TPSA) is 66.4 Å². The van der Waals surface area contributed by atoms with Gasteiger partial charge in [-0.25, -0.2) is 0 Å². The minimum Gasteiger partial charge on any atom is -0.481 e. The summed E-state index contributed by atoms with van der Waals surface area (Å²) in [5.41, 5.74) is -0.829. The molecule has 2 fully saturated rings. The van der Waals surface area contributed by atoms with Crippen LogP contribution in [0.25, 0.3) is 0 Å². The number of carbonyl (C=O) groups is 2. The molecule has 0 bridgehead atoms. The van der Waals surface area contributed by atoms with Gasteiger partial charge in [0.15, 0.2) is 0 Å². The summed E-state index contributed by atoms with van der Waals surface area (Å²) in [7, 11) is 0. The molecule has 2 aliphatic carbocycles. The van der Waals surface area contributed by atoms with Crippen molar-refractivity contribution in [1.82, 2.24) is 5.32 Å². The third-order valence-electron chi connectivity index (χ3n) is 4.16. The normalized spacial score (nSPS) is 25.1. The first-order chi connectivity index (χ1) is 7.46. The molecule has 2 rings (SSSR count). The van der Waals surface area contributed by atoms with Crippen molar-refractivity contribution in [3.63, 3.8) is 0 Å². The van der Waals surface area contributed by atoms with Crippen molar-refractivity contribution in [2.45, 2.75) is 57.4 Å². The van der Waals surface area contributed by atoms with E-state index in [1.165, 1.54) is 0 Å². The molecular formula is C12H19NO3. The van der Waals surface area contributed by atoms with Crippen molar-refractivity contribution in [2.24, 2.45) is 5.41 Å².